The molecule has 0 spiro atoms. The number of amides is 2. The van der Waals surface area contributed by atoms with Crippen molar-refractivity contribution in [3.8, 4) is 11.1 Å². The van der Waals surface area contributed by atoms with Gasteiger partial charge in [0, 0.05) is 163 Å². The second-order valence-corrected chi connectivity index (χ2v) is 30.3. The molecule has 4 N–H and O–H groups in total. The van der Waals surface area contributed by atoms with Crippen LogP contribution in [0, 0.1) is 41.5 Å². The molecule has 0 unspecified atom stereocenters. The van der Waals surface area contributed by atoms with Gasteiger partial charge >= 0.3 is 7.12 Å². The highest BCUT2D eigenvalue weighted by Gasteiger charge is 2.52. The van der Waals surface area contributed by atoms with Crippen molar-refractivity contribution in [1.29, 1.82) is 0 Å². The van der Waals surface area contributed by atoms with Crippen LogP contribution < -0.4 is 37.0 Å². The number of carbonyl (C=O) groups is 2. The van der Waals surface area contributed by atoms with Crippen molar-refractivity contribution in [2.24, 2.45) is 0 Å². The Morgan fingerprint density at radius 1 is 0.560 bits per heavy atom. The van der Waals surface area contributed by atoms with Crippen LogP contribution >= 0.6 is 15.9 Å². The summed E-state index contributed by atoms with van der Waals surface area (Å²) in [6.07, 6.45) is 13.1. The van der Waals surface area contributed by atoms with E-state index in [0.717, 1.165) is 182 Å². The highest BCUT2D eigenvalue weighted by molar-refractivity contribution is 9.10. The molecule has 3 saturated heterocycles. The van der Waals surface area contributed by atoms with E-state index < -0.39 is 0 Å². The Hall–Kier alpha value is -6.60. The molecule has 3 aliphatic heterocycles. The second-order valence-electron chi connectivity index (χ2n) is 29.4. The third-order valence-corrected chi connectivity index (χ3v) is 22.0. The molecule has 11 rings (SSSR count). The SMILES string of the molecule is CC1(C)OB(c2ccc(CN3CCOCC3)nc2)OC1(C)C.CCN(c1cc(-c2ccc(CN3CCOCC3)nc2)cc(C(=O)NCc2c(C)cc(C)[nH]c2=O)c1C)C1CCC(N(C)C)CC1.CCN(c1cc(Br)cc(C(=O)NCc2c(C)cc(C)[nH]c2=O)c1C)C1CCC(N(C)C)CC1. The molecule has 7 heterocycles. The third-order valence-electron chi connectivity index (χ3n) is 21.5. The van der Waals surface area contributed by atoms with Crippen molar-refractivity contribution < 1.29 is 28.4 Å². The molecule has 5 fully saturated rings. The van der Waals surface area contributed by atoms with Crippen molar-refractivity contribution in [1.82, 2.24) is 50.2 Å². The molecule has 0 bridgehead atoms. The van der Waals surface area contributed by atoms with Crippen molar-refractivity contribution in [2.45, 2.75) is 196 Å². The first-order valence-corrected chi connectivity index (χ1v) is 37.0. The Labute approximate surface area is 603 Å². The minimum atomic E-state index is -0.338. The van der Waals surface area contributed by atoms with Crippen molar-refractivity contribution >= 4 is 51.7 Å². The maximum absolute atomic E-state index is 13.9. The molecule has 5 aliphatic rings. The van der Waals surface area contributed by atoms with Crippen LogP contribution in [0.25, 0.3) is 11.1 Å². The third kappa shape index (κ3) is 19.8. The average molecular weight is 1440 g/mol. The quantitative estimate of drug-likeness (QED) is 0.0525. The number of aryl methyl sites for hydroxylation is 4. The number of carbonyl (C=O) groups excluding carboxylic acids is 2. The van der Waals surface area contributed by atoms with Gasteiger partial charge in [-0.15, -0.1) is 0 Å². The summed E-state index contributed by atoms with van der Waals surface area (Å²) in [5.41, 5.74) is 14.0. The van der Waals surface area contributed by atoms with E-state index in [1.165, 1.54) is 25.7 Å². The van der Waals surface area contributed by atoms with Crippen molar-refractivity contribution in [2.75, 3.05) is 104 Å². The fourth-order valence-electron chi connectivity index (χ4n) is 14.7. The fourth-order valence-corrected chi connectivity index (χ4v) is 15.1. The zero-order valence-corrected chi connectivity index (χ0v) is 64.2. The summed E-state index contributed by atoms with van der Waals surface area (Å²) < 4.78 is 23.9. The predicted molar refractivity (Wildman–Crippen MR) is 406 cm³/mol. The molecule has 6 aromatic rings. The summed E-state index contributed by atoms with van der Waals surface area (Å²) in [6, 6.07) is 22.6. The summed E-state index contributed by atoms with van der Waals surface area (Å²) in [5.74, 6) is -0.346. The number of aromatic nitrogens is 4. The van der Waals surface area contributed by atoms with Crippen LogP contribution in [0.5, 0.6) is 0 Å². The zero-order valence-electron chi connectivity index (χ0n) is 62.6. The number of pyridine rings is 4. The van der Waals surface area contributed by atoms with E-state index in [-0.39, 0.29) is 54.3 Å². The number of nitrogens with one attached hydrogen (secondary N) is 4. The van der Waals surface area contributed by atoms with E-state index in [1.54, 1.807) is 0 Å². The van der Waals surface area contributed by atoms with Crippen molar-refractivity contribution in [3.05, 3.63) is 166 Å². The maximum atomic E-state index is 13.9. The lowest BCUT2D eigenvalue weighted by molar-refractivity contribution is 0.00578. The first-order valence-electron chi connectivity index (χ1n) is 36.3. The molecule has 0 atom stereocenters. The molecular weight excluding hydrogens is 1320 g/mol. The van der Waals surface area contributed by atoms with Gasteiger partial charge in [0.15, 0.2) is 0 Å². The first kappa shape index (κ1) is 77.6. The van der Waals surface area contributed by atoms with Gasteiger partial charge in [-0.3, -0.25) is 38.9 Å². The minimum Gasteiger partial charge on any atom is -0.399 e. The summed E-state index contributed by atoms with van der Waals surface area (Å²) in [4.78, 5) is 81.4. The molecule has 2 saturated carbocycles. The maximum Gasteiger partial charge on any atom is 0.496 e. The number of benzene rings is 2. The Balaban J connectivity index is 0.000000186. The standard InChI is InChI=1S/C36H50N6O3.C26H37BrN4O2.C16H25BN2O3/c1-7-42(31-12-10-30(11-13-31)40(5)6)34-20-28(27-8-9-29(37-21-27)23-41-14-16-45-17-15-41)19-32(26(34)4)35(43)38-22-33-24(2)18-25(3)39-36(33)44;1-7-31(21-10-8-20(9-11-21)30(5)6)24-14-19(27)13-22(18(24)4)25(32)28-15-23-16(2)12-17(3)29-26(23)33;1-15(2)16(3,4)22-17(21-15)13-5-6-14(18-11-13)12-19-7-9-20-10-8-19/h8-9,18-21,30-31H,7,10-17,22-23H2,1-6H3,(H,38,43)(H,39,44);12-14,20-21H,7-11,15H2,1-6H3,(H,28,32)(H,29,33);5-6,11H,7-10,12H2,1-4H3. The van der Waals surface area contributed by atoms with Gasteiger partial charge in [-0.05, 0) is 239 Å². The van der Waals surface area contributed by atoms with Crippen LogP contribution in [0.2, 0.25) is 0 Å². The molecular formula is C78H112BBrN12O8. The molecule has 22 heteroatoms. The van der Waals surface area contributed by atoms with Gasteiger partial charge in [0.25, 0.3) is 22.9 Å². The van der Waals surface area contributed by atoms with Gasteiger partial charge in [0.1, 0.15) is 0 Å². The van der Waals surface area contributed by atoms with E-state index in [2.05, 4.69) is 184 Å². The number of ether oxygens (including phenoxy) is 2. The van der Waals surface area contributed by atoms with Crippen LogP contribution in [0.3, 0.4) is 0 Å². The molecule has 4 aromatic heterocycles. The highest BCUT2D eigenvalue weighted by Crippen LogP contribution is 2.39. The molecule has 0 radical (unpaired) electrons. The zero-order chi connectivity index (χ0) is 72.2. The van der Waals surface area contributed by atoms with E-state index in [4.69, 9.17) is 23.8 Å². The van der Waals surface area contributed by atoms with Gasteiger partial charge < -0.3 is 59.0 Å². The average Bonchev–Trinajstić information content (AvgIpc) is 1.05. The number of hydrogen-bond acceptors (Lipinski definition) is 16. The van der Waals surface area contributed by atoms with Gasteiger partial charge in [0.05, 0.1) is 49.0 Å². The number of nitrogens with zero attached hydrogens (tertiary/aromatic N) is 8. The second kappa shape index (κ2) is 35.1. The Morgan fingerprint density at radius 3 is 1.36 bits per heavy atom. The number of anilines is 2. The summed E-state index contributed by atoms with van der Waals surface area (Å²) in [6.45, 7) is 35.0. The summed E-state index contributed by atoms with van der Waals surface area (Å²) in [5, 5.41) is 6.02. The first-order chi connectivity index (χ1) is 47.6. The Morgan fingerprint density at radius 2 is 0.970 bits per heavy atom. The number of morpholine rings is 2. The topological polar surface area (TPSA) is 206 Å². The van der Waals surface area contributed by atoms with E-state index in [9.17, 15) is 19.2 Å². The monoisotopic (exact) mass is 1430 g/mol. The number of hydrogen-bond donors (Lipinski definition) is 4. The van der Waals surface area contributed by atoms with Crippen LogP contribution in [0.15, 0.2) is 87.1 Å². The van der Waals surface area contributed by atoms with E-state index in [1.807, 2.05) is 71.3 Å². The van der Waals surface area contributed by atoms with Gasteiger partial charge in [0.2, 0.25) is 0 Å². The lowest BCUT2D eigenvalue weighted by atomic mass is 9.80. The molecule has 20 nitrogen and oxygen atoms in total. The lowest BCUT2D eigenvalue weighted by Crippen LogP contribution is -2.42. The lowest BCUT2D eigenvalue weighted by Gasteiger charge is -2.40. The van der Waals surface area contributed by atoms with Crippen LogP contribution in [0.1, 0.15) is 170 Å². The molecule has 100 heavy (non-hydrogen) atoms. The smallest absolute Gasteiger partial charge is 0.399 e. The van der Waals surface area contributed by atoms with Crippen LogP contribution in [0.4, 0.5) is 11.4 Å². The minimum absolute atomic E-state index is 0.148. The summed E-state index contributed by atoms with van der Waals surface area (Å²) >= 11 is 3.62. The van der Waals surface area contributed by atoms with Crippen LogP contribution in [-0.2, 0) is 45.0 Å². The fraction of sp³-hybridized carbons (Fsp3) is 0.564. The number of rotatable bonds is 20. The Bertz CT molecular complexity index is 3820. The molecule has 542 valence electrons. The normalized spacial score (nSPS) is 20.1. The largest absolute Gasteiger partial charge is 0.496 e. The predicted octanol–water partition coefficient (Wildman–Crippen LogP) is 10.7. The Kier molecular flexibility index (Phi) is 27.2. The highest BCUT2D eigenvalue weighted by atomic mass is 79.9. The number of halogens is 1. The van der Waals surface area contributed by atoms with Crippen LogP contribution in [-0.4, -0.2) is 188 Å². The summed E-state index contributed by atoms with van der Waals surface area (Å²) in [7, 11) is 8.34. The van der Waals surface area contributed by atoms with Crippen molar-refractivity contribution in [3.63, 3.8) is 0 Å². The molecule has 2 amide bonds. The number of H-pyrrole nitrogens is 2. The van der Waals surface area contributed by atoms with E-state index in [0.29, 0.717) is 46.4 Å². The van der Waals surface area contributed by atoms with Gasteiger partial charge in [-0.25, -0.2) is 0 Å². The molecule has 2 aromatic carbocycles. The number of aromatic amines is 2. The van der Waals surface area contributed by atoms with Gasteiger partial charge in [-0.1, -0.05) is 28.1 Å². The van der Waals surface area contributed by atoms with E-state index >= 15 is 0 Å². The van der Waals surface area contributed by atoms with Gasteiger partial charge in [-0.2, -0.15) is 0 Å². The molecule has 2 aliphatic carbocycles.